The molecular weight excluding hydrogens is 344 g/mol. The average Bonchev–Trinajstić information content (AvgIpc) is 2.62. The largest absolute Gasteiger partial charge is 0.484 e. The first kappa shape index (κ1) is 18.5. The van der Waals surface area contributed by atoms with Crippen LogP contribution in [0.1, 0.15) is 21.5 Å². The van der Waals surface area contributed by atoms with E-state index in [-0.39, 0.29) is 6.61 Å². The maximum atomic E-state index is 11.7. The Balaban J connectivity index is 1.81. The van der Waals surface area contributed by atoms with Crippen LogP contribution in [-0.2, 0) is 9.53 Å². The molecule has 0 saturated heterocycles. The summed E-state index contributed by atoms with van der Waals surface area (Å²) in [7, 11) is 1.32. The van der Waals surface area contributed by atoms with E-state index in [1.807, 2.05) is 6.92 Å². The van der Waals surface area contributed by atoms with E-state index < -0.39 is 11.9 Å². The molecule has 2 aromatic carbocycles. The first-order chi connectivity index (χ1) is 12.0. The van der Waals surface area contributed by atoms with Gasteiger partial charge in [-0.3, -0.25) is 4.79 Å². The summed E-state index contributed by atoms with van der Waals surface area (Å²) < 4.78 is 9.98. The molecule has 0 bridgehead atoms. The van der Waals surface area contributed by atoms with Gasteiger partial charge in [0.1, 0.15) is 5.75 Å². The van der Waals surface area contributed by atoms with Gasteiger partial charge in [-0.25, -0.2) is 10.2 Å². The zero-order valence-corrected chi connectivity index (χ0v) is 14.5. The number of hydrazone groups is 1. The Labute approximate surface area is 150 Å². The maximum absolute atomic E-state index is 11.7. The Morgan fingerprint density at radius 1 is 1.20 bits per heavy atom. The van der Waals surface area contributed by atoms with E-state index in [1.165, 1.54) is 13.3 Å². The molecule has 1 N–H and O–H groups in total. The molecule has 25 heavy (non-hydrogen) atoms. The van der Waals surface area contributed by atoms with Gasteiger partial charge in [0.25, 0.3) is 5.91 Å². The number of carbonyl (C=O) groups excluding carboxylic acids is 2. The van der Waals surface area contributed by atoms with Gasteiger partial charge in [-0.05, 0) is 48.4 Å². The zero-order chi connectivity index (χ0) is 18.2. The Bertz CT molecular complexity index is 788. The highest BCUT2D eigenvalue weighted by atomic mass is 35.5. The lowest BCUT2D eigenvalue weighted by Gasteiger charge is -2.06. The van der Waals surface area contributed by atoms with Crippen LogP contribution in [0.15, 0.2) is 47.6 Å². The molecule has 0 unspecified atom stereocenters. The van der Waals surface area contributed by atoms with Crippen LogP contribution < -0.4 is 10.2 Å². The van der Waals surface area contributed by atoms with E-state index in [2.05, 4.69) is 15.3 Å². The van der Waals surface area contributed by atoms with Crippen LogP contribution >= 0.6 is 11.6 Å². The van der Waals surface area contributed by atoms with Crippen LogP contribution in [0, 0.1) is 6.92 Å². The summed E-state index contributed by atoms with van der Waals surface area (Å²) >= 11 is 5.93. The minimum absolute atomic E-state index is 0.167. The fourth-order valence-electron chi connectivity index (χ4n) is 1.89. The molecule has 7 heteroatoms. The van der Waals surface area contributed by atoms with Crippen molar-refractivity contribution in [1.29, 1.82) is 0 Å². The molecule has 0 fully saturated rings. The first-order valence-electron chi connectivity index (χ1n) is 7.39. The van der Waals surface area contributed by atoms with E-state index in [0.29, 0.717) is 16.3 Å². The summed E-state index contributed by atoms with van der Waals surface area (Å²) in [6.45, 7) is 1.69. The predicted molar refractivity (Wildman–Crippen MR) is 95.2 cm³/mol. The third-order valence-corrected chi connectivity index (χ3v) is 3.66. The van der Waals surface area contributed by atoms with Crippen LogP contribution in [0.25, 0.3) is 0 Å². The Kier molecular flexibility index (Phi) is 6.54. The standard InChI is InChI=1S/C18H17ClN2O4/c1-12-9-15(7-8-16(12)19)25-11-17(22)21-20-10-13-3-5-14(6-4-13)18(23)24-2/h3-10H,11H2,1-2H3,(H,21,22). The van der Waals surface area contributed by atoms with Gasteiger partial charge < -0.3 is 9.47 Å². The van der Waals surface area contributed by atoms with Crippen LogP contribution in [-0.4, -0.2) is 31.8 Å². The summed E-state index contributed by atoms with van der Waals surface area (Å²) in [6.07, 6.45) is 1.46. The molecule has 6 nitrogen and oxygen atoms in total. The third kappa shape index (κ3) is 5.61. The molecular formula is C18H17ClN2O4. The van der Waals surface area contributed by atoms with E-state index in [1.54, 1.807) is 42.5 Å². The molecule has 130 valence electrons. The molecule has 0 heterocycles. The summed E-state index contributed by atoms with van der Waals surface area (Å²) in [5.74, 6) is -0.249. The molecule has 0 spiro atoms. The average molecular weight is 361 g/mol. The van der Waals surface area contributed by atoms with Gasteiger partial charge in [0.15, 0.2) is 6.61 Å². The highest BCUT2D eigenvalue weighted by molar-refractivity contribution is 6.31. The third-order valence-electron chi connectivity index (χ3n) is 3.23. The number of ether oxygens (including phenoxy) is 2. The molecule has 0 aliphatic carbocycles. The summed E-state index contributed by atoms with van der Waals surface area (Å²) in [4.78, 5) is 23.0. The summed E-state index contributed by atoms with van der Waals surface area (Å²) in [6, 6.07) is 11.8. The second-order valence-corrected chi connectivity index (χ2v) is 5.51. The number of hydrogen-bond donors (Lipinski definition) is 1. The topological polar surface area (TPSA) is 77.0 Å². The number of rotatable bonds is 6. The van der Waals surface area contributed by atoms with Crippen molar-refractivity contribution in [1.82, 2.24) is 5.43 Å². The van der Waals surface area contributed by atoms with Crippen molar-refractivity contribution in [2.24, 2.45) is 5.10 Å². The second-order valence-electron chi connectivity index (χ2n) is 5.11. The molecule has 0 saturated carbocycles. The zero-order valence-electron chi connectivity index (χ0n) is 13.8. The van der Waals surface area contributed by atoms with Crippen LogP contribution in [0.4, 0.5) is 0 Å². The maximum Gasteiger partial charge on any atom is 0.337 e. The molecule has 0 atom stereocenters. The quantitative estimate of drug-likeness (QED) is 0.488. The van der Waals surface area contributed by atoms with Gasteiger partial charge >= 0.3 is 5.97 Å². The van der Waals surface area contributed by atoms with E-state index in [9.17, 15) is 9.59 Å². The molecule has 0 aromatic heterocycles. The Morgan fingerprint density at radius 3 is 2.56 bits per heavy atom. The first-order valence-corrected chi connectivity index (χ1v) is 7.76. The normalized spacial score (nSPS) is 10.5. The summed E-state index contributed by atoms with van der Waals surface area (Å²) in [5.41, 5.74) is 4.40. The Morgan fingerprint density at radius 2 is 1.92 bits per heavy atom. The number of esters is 1. The van der Waals surface area contributed by atoms with Gasteiger partial charge in [0.2, 0.25) is 0 Å². The fraction of sp³-hybridized carbons (Fsp3) is 0.167. The van der Waals surface area contributed by atoms with Gasteiger partial charge in [-0.1, -0.05) is 23.7 Å². The fourth-order valence-corrected chi connectivity index (χ4v) is 2.01. The number of nitrogens with zero attached hydrogens (tertiary/aromatic N) is 1. The SMILES string of the molecule is COC(=O)c1ccc(C=NNC(=O)COc2ccc(Cl)c(C)c2)cc1. The predicted octanol–water partition coefficient (Wildman–Crippen LogP) is 2.96. The number of nitrogens with one attached hydrogen (secondary N) is 1. The van der Waals surface area contributed by atoms with Gasteiger partial charge in [-0.2, -0.15) is 5.10 Å². The monoisotopic (exact) mass is 360 g/mol. The lowest BCUT2D eigenvalue weighted by Crippen LogP contribution is -2.24. The van der Waals surface area contributed by atoms with Crippen molar-refractivity contribution in [3.63, 3.8) is 0 Å². The molecule has 0 radical (unpaired) electrons. The van der Waals surface area contributed by atoms with Gasteiger partial charge in [0.05, 0.1) is 18.9 Å². The number of amides is 1. The van der Waals surface area contributed by atoms with Gasteiger partial charge in [0, 0.05) is 5.02 Å². The molecule has 0 aliphatic rings. The van der Waals surface area contributed by atoms with Crippen molar-refractivity contribution < 1.29 is 19.1 Å². The summed E-state index contributed by atoms with van der Waals surface area (Å²) in [5, 5.41) is 4.48. The second kappa shape index (κ2) is 8.84. The van der Waals surface area contributed by atoms with Crippen molar-refractivity contribution in [3.8, 4) is 5.75 Å². The lowest BCUT2D eigenvalue weighted by atomic mass is 10.1. The van der Waals surface area contributed by atoms with E-state index in [4.69, 9.17) is 16.3 Å². The number of benzene rings is 2. The van der Waals surface area contributed by atoms with E-state index >= 15 is 0 Å². The highest BCUT2D eigenvalue weighted by Gasteiger charge is 2.04. The number of aryl methyl sites for hydroxylation is 1. The lowest BCUT2D eigenvalue weighted by molar-refractivity contribution is -0.123. The number of hydrogen-bond acceptors (Lipinski definition) is 5. The smallest absolute Gasteiger partial charge is 0.337 e. The van der Waals surface area contributed by atoms with Crippen LogP contribution in [0.5, 0.6) is 5.75 Å². The van der Waals surface area contributed by atoms with E-state index in [0.717, 1.165) is 11.1 Å². The highest BCUT2D eigenvalue weighted by Crippen LogP contribution is 2.20. The molecule has 0 aliphatic heterocycles. The molecule has 1 amide bonds. The number of methoxy groups -OCH3 is 1. The van der Waals surface area contributed by atoms with Crippen LogP contribution in [0.3, 0.4) is 0 Å². The van der Waals surface area contributed by atoms with Crippen molar-refractivity contribution in [3.05, 3.63) is 64.2 Å². The van der Waals surface area contributed by atoms with Crippen molar-refractivity contribution >= 4 is 29.7 Å². The number of carbonyl (C=O) groups is 2. The van der Waals surface area contributed by atoms with Crippen molar-refractivity contribution in [2.75, 3.05) is 13.7 Å². The molecule has 2 rings (SSSR count). The molecule has 2 aromatic rings. The number of halogens is 1. The Hall–Kier alpha value is -2.86. The van der Waals surface area contributed by atoms with Crippen molar-refractivity contribution in [2.45, 2.75) is 6.92 Å². The minimum atomic E-state index is -0.411. The van der Waals surface area contributed by atoms with Crippen LogP contribution in [0.2, 0.25) is 5.02 Å². The minimum Gasteiger partial charge on any atom is -0.484 e. The van der Waals surface area contributed by atoms with Gasteiger partial charge in [-0.15, -0.1) is 0 Å².